The number of hydrogen-bond donors (Lipinski definition) is 0. The first-order valence-corrected chi connectivity index (χ1v) is 8.08. The molecule has 124 valence electrons. The number of carbonyl (C=O) groups excluding carboxylic acids is 2. The highest BCUT2D eigenvalue weighted by atomic mass is 16.5. The molecule has 0 spiro atoms. The largest absolute Gasteiger partial charge is 0.469 e. The van der Waals surface area contributed by atoms with Crippen LogP contribution in [0.3, 0.4) is 0 Å². The van der Waals surface area contributed by atoms with Crippen molar-refractivity contribution < 1.29 is 19.1 Å². The Balaban J connectivity index is 1.69. The number of esters is 1. The quantitative estimate of drug-likeness (QED) is 0.798. The molecule has 1 aromatic carbocycles. The smallest absolute Gasteiger partial charge is 0.309 e. The topological polar surface area (TPSA) is 55.8 Å². The number of carbonyl (C=O) groups is 2. The molecule has 1 saturated carbocycles. The monoisotopic (exact) mass is 317 g/mol. The van der Waals surface area contributed by atoms with Crippen molar-refractivity contribution in [2.75, 3.05) is 26.8 Å². The maximum Gasteiger partial charge on any atom is 0.309 e. The SMILES string of the molecule is COC(=O)Cc1cccc(C(=O)N2CCOC(C3(C)CC3)C2)c1. The van der Waals surface area contributed by atoms with E-state index in [9.17, 15) is 9.59 Å². The van der Waals surface area contributed by atoms with Crippen molar-refractivity contribution in [3.63, 3.8) is 0 Å². The first-order chi connectivity index (χ1) is 11.0. The van der Waals surface area contributed by atoms with Crippen LogP contribution in [0.5, 0.6) is 0 Å². The number of morpholine rings is 1. The van der Waals surface area contributed by atoms with E-state index in [2.05, 4.69) is 11.7 Å². The van der Waals surface area contributed by atoms with Crippen molar-refractivity contribution in [3.05, 3.63) is 35.4 Å². The van der Waals surface area contributed by atoms with Gasteiger partial charge in [-0.15, -0.1) is 0 Å². The molecule has 1 aromatic rings. The van der Waals surface area contributed by atoms with Crippen LogP contribution in [0.25, 0.3) is 0 Å². The van der Waals surface area contributed by atoms with E-state index in [0.717, 1.165) is 5.56 Å². The summed E-state index contributed by atoms with van der Waals surface area (Å²) in [6.45, 7) is 4.08. The van der Waals surface area contributed by atoms with Crippen LogP contribution in [0.2, 0.25) is 0 Å². The molecule has 1 amide bonds. The maximum atomic E-state index is 12.8. The third kappa shape index (κ3) is 3.55. The number of amides is 1. The summed E-state index contributed by atoms with van der Waals surface area (Å²) in [5.74, 6) is -0.294. The number of benzene rings is 1. The summed E-state index contributed by atoms with van der Waals surface area (Å²) in [6.07, 6.45) is 2.67. The van der Waals surface area contributed by atoms with Gasteiger partial charge in [-0.2, -0.15) is 0 Å². The number of methoxy groups -OCH3 is 1. The standard InChI is InChI=1S/C18H23NO4/c1-18(6-7-18)15-12-19(8-9-23-15)17(21)14-5-3-4-13(10-14)11-16(20)22-2/h3-5,10,15H,6-9,11-12H2,1-2H3. The first-order valence-electron chi connectivity index (χ1n) is 8.08. The highest BCUT2D eigenvalue weighted by Crippen LogP contribution is 2.50. The van der Waals surface area contributed by atoms with Crippen molar-refractivity contribution in [2.24, 2.45) is 5.41 Å². The van der Waals surface area contributed by atoms with Crippen LogP contribution < -0.4 is 0 Å². The molecule has 1 aliphatic heterocycles. The number of rotatable bonds is 4. The zero-order valence-electron chi connectivity index (χ0n) is 13.7. The first kappa shape index (κ1) is 16.0. The van der Waals surface area contributed by atoms with Crippen molar-refractivity contribution in [1.29, 1.82) is 0 Å². The molecule has 0 bridgehead atoms. The summed E-state index contributed by atoms with van der Waals surface area (Å²) in [5.41, 5.74) is 1.65. The lowest BCUT2D eigenvalue weighted by atomic mass is 9.99. The number of ether oxygens (including phenoxy) is 2. The molecule has 3 rings (SSSR count). The summed E-state index contributed by atoms with van der Waals surface area (Å²) < 4.78 is 10.5. The van der Waals surface area contributed by atoms with Crippen LogP contribution >= 0.6 is 0 Å². The second-order valence-corrected chi connectivity index (χ2v) is 6.72. The molecule has 0 N–H and O–H groups in total. The zero-order chi connectivity index (χ0) is 16.4. The van der Waals surface area contributed by atoms with Gasteiger partial charge in [-0.1, -0.05) is 19.1 Å². The van der Waals surface area contributed by atoms with Crippen LogP contribution in [-0.4, -0.2) is 49.7 Å². The molecule has 1 saturated heterocycles. The van der Waals surface area contributed by atoms with Gasteiger partial charge in [0.2, 0.25) is 0 Å². The summed E-state index contributed by atoms with van der Waals surface area (Å²) in [7, 11) is 1.36. The molecule has 0 aromatic heterocycles. The second-order valence-electron chi connectivity index (χ2n) is 6.72. The van der Waals surface area contributed by atoms with Crippen molar-refractivity contribution >= 4 is 11.9 Å². The van der Waals surface area contributed by atoms with E-state index in [0.29, 0.717) is 25.3 Å². The molecule has 5 nitrogen and oxygen atoms in total. The van der Waals surface area contributed by atoms with E-state index < -0.39 is 0 Å². The lowest BCUT2D eigenvalue weighted by molar-refractivity contribution is -0.139. The third-order valence-electron chi connectivity index (χ3n) is 4.92. The predicted molar refractivity (Wildman–Crippen MR) is 85.1 cm³/mol. The Kier molecular flexibility index (Phi) is 4.39. The van der Waals surface area contributed by atoms with Crippen LogP contribution in [0, 0.1) is 5.41 Å². The highest BCUT2D eigenvalue weighted by Gasteiger charge is 2.47. The van der Waals surface area contributed by atoms with Gasteiger partial charge in [0.1, 0.15) is 0 Å². The molecule has 23 heavy (non-hydrogen) atoms. The summed E-state index contributed by atoms with van der Waals surface area (Å²) in [6, 6.07) is 7.22. The van der Waals surface area contributed by atoms with Gasteiger partial charge in [-0.05, 0) is 36.0 Å². The van der Waals surface area contributed by atoms with Gasteiger partial charge < -0.3 is 14.4 Å². The number of nitrogens with zero attached hydrogens (tertiary/aromatic N) is 1. The summed E-state index contributed by atoms with van der Waals surface area (Å²) in [4.78, 5) is 26.0. The van der Waals surface area contributed by atoms with Gasteiger partial charge in [0.25, 0.3) is 5.91 Å². The molecule has 0 radical (unpaired) electrons. The van der Waals surface area contributed by atoms with E-state index in [4.69, 9.17) is 4.74 Å². The Morgan fingerprint density at radius 2 is 2.17 bits per heavy atom. The average molecular weight is 317 g/mol. The minimum Gasteiger partial charge on any atom is -0.469 e. The van der Waals surface area contributed by atoms with Crippen LogP contribution in [0.4, 0.5) is 0 Å². The van der Waals surface area contributed by atoms with E-state index in [1.807, 2.05) is 17.0 Å². The molecule has 5 heteroatoms. The molecule has 2 fully saturated rings. The lowest BCUT2D eigenvalue weighted by Crippen LogP contribution is -2.48. The van der Waals surface area contributed by atoms with E-state index in [-0.39, 0.29) is 29.8 Å². The fourth-order valence-corrected chi connectivity index (χ4v) is 3.01. The fraction of sp³-hybridized carbons (Fsp3) is 0.556. The molecule has 1 heterocycles. The average Bonchev–Trinajstić information content (AvgIpc) is 3.33. The van der Waals surface area contributed by atoms with Gasteiger partial charge in [-0.25, -0.2) is 0 Å². The van der Waals surface area contributed by atoms with Crippen LogP contribution in [-0.2, 0) is 20.7 Å². The predicted octanol–water partition coefficient (Wildman–Crippen LogP) is 2.04. The molecule has 2 aliphatic rings. The second kappa shape index (κ2) is 6.32. The Morgan fingerprint density at radius 1 is 1.39 bits per heavy atom. The Bertz CT molecular complexity index is 609. The van der Waals surface area contributed by atoms with E-state index in [1.165, 1.54) is 20.0 Å². The minimum absolute atomic E-state index is 0.00858. The van der Waals surface area contributed by atoms with Gasteiger partial charge in [-0.3, -0.25) is 9.59 Å². The molecule has 1 atom stereocenters. The molecule has 1 unspecified atom stereocenters. The number of hydrogen-bond acceptors (Lipinski definition) is 4. The Morgan fingerprint density at radius 3 is 2.87 bits per heavy atom. The minimum atomic E-state index is -0.303. The summed E-state index contributed by atoms with van der Waals surface area (Å²) >= 11 is 0. The van der Waals surface area contributed by atoms with Gasteiger partial charge >= 0.3 is 5.97 Å². The molecular formula is C18H23NO4. The molecular weight excluding hydrogens is 294 g/mol. The normalized spacial score (nSPS) is 22.5. The van der Waals surface area contributed by atoms with Crippen molar-refractivity contribution in [3.8, 4) is 0 Å². The Labute approximate surface area is 136 Å². The summed E-state index contributed by atoms with van der Waals surface area (Å²) in [5, 5.41) is 0. The van der Waals surface area contributed by atoms with Crippen LogP contribution in [0.15, 0.2) is 24.3 Å². The Hall–Kier alpha value is -1.88. The lowest BCUT2D eigenvalue weighted by Gasteiger charge is -2.36. The zero-order valence-corrected chi connectivity index (χ0v) is 13.7. The van der Waals surface area contributed by atoms with Crippen LogP contribution in [0.1, 0.15) is 35.7 Å². The van der Waals surface area contributed by atoms with Crippen molar-refractivity contribution in [2.45, 2.75) is 32.3 Å². The van der Waals surface area contributed by atoms with Gasteiger partial charge in [0, 0.05) is 18.7 Å². The third-order valence-corrected chi connectivity index (χ3v) is 4.92. The molecule has 1 aliphatic carbocycles. The fourth-order valence-electron chi connectivity index (χ4n) is 3.01. The van der Waals surface area contributed by atoms with E-state index in [1.54, 1.807) is 12.1 Å². The maximum absolute atomic E-state index is 12.8. The van der Waals surface area contributed by atoms with Gasteiger partial charge in [0.15, 0.2) is 0 Å². The van der Waals surface area contributed by atoms with Gasteiger partial charge in [0.05, 0.1) is 26.2 Å². The van der Waals surface area contributed by atoms with E-state index >= 15 is 0 Å². The highest BCUT2D eigenvalue weighted by molar-refractivity contribution is 5.94. The van der Waals surface area contributed by atoms with Crippen molar-refractivity contribution in [1.82, 2.24) is 4.90 Å².